The molecule has 0 bridgehead atoms. The molecule has 2 unspecified atom stereocenters. The maximum absolute atomic E-state index is 11.3. The lowest BCUT2D eigenvalue weighted by Gasteiger charge is -2.17. The third kappa shape index (κ3) is 4.38. The summed E-state index contributed by atoms with van der Waals surface area (Å²) in [4.78, 5) is 0.133. The third-order valence-electron chi connectivity index (χ3n) is 2.80. The summed E-state index contributed by atoms with van der Waals surface area (Å²) in [5, 5.41) is 8.37. The standard InChI is InChI=1S/C12H20N2O3S/c1-9(17-3)8-14-10(2)11-5-4-6-12(7-11)18(13,15)16/h4-7,9-10,14H,8H2,1-3H3,(H2,13,15,16). The van der Waals surface area contributed by atoms with Gasteiger partial charge in [0.05, 0.1) is 11.0 Å². The Bertz CT molecular complexity index is 488. The minimum atomic E-state index is -3.65. The predicted molar refractivity (Wildman–Crippen MR) is 70.7 cm³/mol. The molecule has 0 aliphatic carbocycles. The van der Waals surface area contributed by atoms with E-state index in [2.05, 4.69) is 5.32 Å². The average molecular weight is 272 g/mol. The van der Waals surface area contributed by atoms with E-state index in [0.717, 1.165) is 5.56 Å². The van der Waals surface area contributed by atoms with Crippen molar-refractivity contribution in [2.75, 3.05) is 13.7 Å². The van der Waals surface area contributed by atoms with Crippen molar-refractivity contribution < 1.29 is 13.2 Å². The van der Waals surface area contributed by atoms with Crippen LogP contribution >= 0.6 is 0 Å². The first kappa shape index (κ1) is 15.1. The van der Waals surface area contributed by atoms with Gasteiger partial charge in [-0.15, -0.1) is 0 Å². The van der Waals surface area contributed by atoms with Crippen LogP contribution in [0.1, 0.15) is 25.5 Å². The second-order valence-corrected chi connectivity index (χ2v) is 5.86. The number of hydrogen-bond acceptors (Lipinski definition) is 4. The highest BCUT2D eigenvalue weighted by Crippen LogP contribution is 2.16. The summed E-state index contributed by atoms with van der Waals surface area (Å²) in [5.41, 5.74) is 0.879. The molecule has 0 aromatic heterocycles. The molecular weight excluding hydrogens is 252 g/mol. The van der Waals surface area contributed by atoms with Gasteiger partial charge in [-0.2, -0.15) is 0 Å². The monoisotopic (exact) mass is 272 g/mol. The number of methoxy groups -OCH3 is 1. The van der Waals surface area contributed by atoms with Crippen LogP contribution in [0.2, 0.25) is 0 Å². The van der Waals surface area contributed by atoms with E-state index >= 15 is 0 Å². The smallest absolute Gasteiger partial charge is 0.238 e. The molecule has 0 amide bonds. The van der Waals surface area contributed by atoms with Crippen molar-refractivity contribution in [2.45, 2.75) is 30.9 Å². The van der Waals surface area contributed by atoms with Gasteiger partial charge in [0.2, 0.25) is 10.0 Å². The van der Waals surface area contributed by atoms with Crippen molar-refractivity contribution >= 4 is 10.0 Å². The Morgan fingerprint density at radius 1 is 1.39 bits per heavy atom. The normalized spacial score (nSPS) is 15.3. The predicted octanol–water partition coefficient (Wildman–Crippen LogP) is 1.02. The zero-order chi connectivity index (χ0) is 13.8. The van der Waals surface area contributed by atoms with Crippen LogP contribution in [0.25, 0.3) is 0 Å². The molecule has 0 spiro atoms. The fraction of sp³-hybridized carbons (Fsp3) is 0.500. The number of ether oxygens (including phenoxy) is 1. The van der Waals surface area contributed by atoms with E-state index in [-0.39, 0.29) is 17.0 Å². The van der Waals surface area contributed by atoms with Crippen LogP contribution in [-0.4, -0.2) is 28.2 Å². The Labute approximate surface area is 108 Å². The number of nitrogens with two attached hydrogens (primary N) is 1. The molecule has 3 N–H and O–H groups in total. The van der Waals surface area contributed by atoms with E-state index < -0.39 is 10.0 Å². The van der Waals surface area contributed by atoms with Crippen LogP contribution < -0.4 is 10.5 Å². The molecule has 102 valence electrons. The minimum Gasteiger partial charge on any atom is -0.380 e. The summed E-state index contributed by atoms with van der Waals surface area (Å²) in [6.07, 6.45) is 0.105. The number of rotatable bonds is 6. The van der Waals surface area contributed by atoms with Crippen LogP contribution in [0.4, 0.5) is 0 Å². The van der Waals surface area contributed by atoms with Crippen molar-refractivity contribution in [1.82, 2.24) is 5.32 Å². The molecule has 0 saturated carbocycles. The van der Waals surface area contributed by atoms with Crippen molar-refractivity contribution in [2.24, 2.45) is 5.14 Å². The third-order valence-corrected chi connectivity index (χ3v) is 3.71. The van der Waals surface area contributed by atoms with E-state index in [9.17, 15) is 8.42 Å². The first-order chi connectivity index (χ1) is 8.34. The van der Waals surface area contributed by atoms with Crippen molar-refractivity contribution in [3.05, 3.63) is 29.8 Å². The summed E-state index contributed by atoms with van der Waals surface area (Å²) in [6, 6.07) is 6.66. The molecule has 0 aliphatic heterocycles. The number of sulfonamides is 1. The second-order valence-electron chi connectivity index (χ2n) is 4.29. The quantitative estimate of drug-likeness (QED) is 0.810. The first-order valence-electron chi connectivity index (χ1n) is 5.73. The molecule has 5 nitrogen and oxygen atoms in total. The van der Waals surface area contributed by atoms with Crippen LogP contribution in [0, 0.1) is 0 Å². The Kier molecular flexibility index (Phi) is 5.28. The van der Waals surface area contributed by atoms with Crippen LogP contribution in [0.15, 0.2) is 29.2 Å². The maximum Gasteiger partial charge on any atom is 0.238 e. The molecule has 0 fully saturated rings. The van der Waals surface area contributed by atoms with Gasteiger partial charge in [0.1, 0.15) is 0 Å². The van der Waals surface area contributed by atoms with Crippen LogP contribution in [0.3, 0.4) is 0 Å². The fourth-order valence-corrected chi connectivity index (χ4v) is 2.07. The lowest BCUT2D eigenvalue weighted by molar-refractivity contribution is 0.115. The molecular formula is C12H20N2O3S. The Morgan fingerprint density at radius 2 is 2.06 bits per heavy atom. The highest BCUT2D eigenvalue weighted by Gasteiger charge is 2.11. The maximum atomic E-state index is 11.3. The summed E-state index contributed by atoms with van der Waals surface area (Å²) in [6.45, 7) is 4.61. The number of primary sulfonamides is 1. The topological polar surface area (TPSA) is 81.4 Å². The minimum absolute atomic E-state index is 0.0318. The van der Waals surface area contributed by atoms with E-state index in [1.807, 2.05) is 19.9 Å². The average Bonchev–Trinajstić information content (AvgIpc) is 2.34. The highest BCUT2D eigenvalue weighted by molar-refractivity contribution is 7.89. The van der Waals surface area contributed by atoms with Gasteiger partial charge in [0.15, 0.2) is 0 Å². The zero-order valence-corrected chi connectivity index (χ0v) is 11.7. The molecule has 2 atom stereocenters. The van der Waals surface area contributed by atoms with Gasteiger partial charge in [-0.1, -0.05) is 12.1 Å². The van der Waals surface area contributed by atoms with Crippen molar-refractivity contribution in [3.63, 3.8) is 0 Å². The Balaban J connectivity index is 2.78. The van der Waals surface area contributed by atoms with E-state index in [4.69, 9.17) is 9.88 Å². The molecule has 18 heavy (non-hydrogen) atoms. The molecule has 0 heterocycles. The van der Waals surface area contributed by atoms with E-state index in [0.29, 0.717) is 6.54 Å². The zero-order valence-electron chi connectivity index (χ0n) is 10.9. The molecule has 1 aromatic carbocycles. The van der Waals surface area contributed by atoms with Gasteiger partial charge in [-0.3, -0.25) is 0 Å². The summed E-state index contributed by atoms with van der Waals surface area (Å²) in [5.74, 6) is 0. The second kappa shape index (κ2) is 6.29. The van der Waals surface area contributed by atoms with Gasteiger partial charge in [0, 0.05) is 19.7 Å². The lowest BCUT2D eigenvalue weighted by atomic mass is 10.1. The SMILES string of the molecule is COC(C)CNC(C)c1cccc(S(N)(=O)=O)c1. The molecule has 0 radical (unpaired) electrons. The lowest BCUT2D eigenvalue weighted by Crippen LogP contribution is -2.28. The molecule has 0 aliphatic rings. The van der Waals surface area contributed by atoms with E-state index in [1.165, 1.54) is 6.07 Å². The Hall–Kier alpha value is -0.950. The molecule has 6 heteroatoms. The summed E-state index contributed by atoms with van der Waals surface area (Å²) < 4.78 is 27.7. The number of benzene rings is 1. The van der Waals surface area contributed by atoms with Gasteiger partial charge in [-0.05, 0) is 31.5 Å². The van der Waals surface area contributed by atoms with Crippen molar-refractivity contribution in [1.29, 1.82) is 0 Å². The molecule has 1 rings (SSSR count). The summed E-state index contributed by atoms with van der Waals surface area (Å²) in [7, 11) is -2.00. The van der Waals surface area contributed by atoms with Gasteiger partial charge in [-0.25, -0.2) is 13.6 Å². The van der Waals surface area contributed by atoms with Crippen LogP contribution in [0.5, 0.6) is 0 Å². The van der Waals surface area contributed by atoms with Crippen molar-refractivity contribution in [3.8, 4) is 0 Å². The highest BCUT2D eigenvalue weighted by atomic mass is 32.2. The largest absolute Gasteiger partial charge is 0.380 e. The number of hydrogen-bond donors (Lipinski definition) is 2. The van der Waals surface area contributed by atoms with Gasteiger partial charge in [0.25, 0.3) is 0 Å². The molecule has 1 aromatic rings. The molecule has 0 saturated heterocycles. The van der Waals surface area contributed by atoms with Gasteiger partial charge >= 0.3 is 0 Å². The van der Waals surface area contributed by atoms with Crippen LogP contribution in [-0.2, 0) is 14.8 Å². The summed E-state index contributed by atoms with van der Waals surface area (Å²) >= 11 is 0. The van der Waals surface area contributed by atoms with Gasteiger partial charge < -0.3 is 10.1 Å². The fourth-order valence-electron chi connectivity index (χ4n) is 1.50. The first-order valence-corrected chi connectivity index (χ1v) is 7.28. The Morgan fingerprint density at radius 3 is 2.61 bits per heavy atom. The van der Waals surface area contributed by atoms with E-state index in [1.54, 1.807) is 19.2 Å². The number of nitrogens with one attached hydrogen (secondary N) is 1.